The van der Waals surface area contributed by atoms with Gasteiger partial charge in [-0.05, 0) is 50.6 Å². The first-order valence-corrected chi connectivity index (χ1v) is 12.6. The van der Waals surface area contributed by atoms with E-state index in [9.17, 15) is 27.7 Å². The summed E-state index contributed by atoms with van der Waals surface area (Å²) in [5.74, 6) is -0.773. The lowest BCUT2D eigenvalue weighted by Gasteiger charge is -2.19. The van der Waals surface area contributed by atoms with E-state index >= 15 is 0 Å². The minimum Gasteiger partial charge on any atom is -0.351 e. The fourth-order valence-corrected chi connectivity index (χ4v) is 5.67. The van der Waals surface area contributed by atoms with Crippen molar-refractivity contribution in [2.75, 3.05) is 37.0 Å². The van der Waals surface area contributed by atoms with Gasteiger partial charge in [0.2, 0.25) is 11.8 Å². The summed E-state index contributed by atoms with van der Waals surface area (Å²) in [6.07, 6.45) is 0.388. The number of carbonyl (C=O) groups is 2. The molecule has 1 aromatic heterocycles. The normalized spacial score (nSPS) is 16.9. The number of halogens is 1. The molecule has 1 aliphatic heterocycles. The van der Waals surface area contributed by atoms with Crippen LogP contribution in [-0.2, 0) is 26.0 Å². The highest BCUT2D eigenvalue weighted by atomic mass is 32.2. The third kappa shape index (κ3) is 6.21. The zero-order valence-electron chi connectivity index (χ0n) is 19.4. The van der Waals surface area contributed by atoms with Crippen LogP contribution in [0.5, 0.6) is 0 Å². The molecule has 2 N–H and O–H groups in total. The number of anilines is 1. The van der Waals surface area contributed by atoms with Crippen LogP contribution < -0.4 is 10.6 Å². The highest BCUT2D eigenvalue weighted by Gasteiger charge is 2.29. The standard InChI is InChI=1S/C23H28FN5O4S/c1-15-16(2)29(11-17-4-6-18(24)7-5-17)23(20(15)10-25)27-22(31)13-28(3)12-21(30)26-19-8-9-34(32,33)14-19/h4-7,19H,8-9,11-14H2,1-3H3,(H,26,30)(H,27,31). The molecule has 2 heterocycles. The summed E-state index contributed by atoms with van der Waals surface area (Å²) >= 11 is 0. The molecule has 2 aromatic rings. The molecule has 34 heavy (non-hydrogen) atoms. The SMILES string of the molecule is Cc1c(C#N)c(NC(=O)CN(C)CC(=O)NC2CCS(=O)(=O)C2)n(Cc2ccc(F)cc2)c1C. The predicted molar refractivity (Wildman–Crippen MR) is 125 cm³/mol. The van der Waals surface area contributed by atoms with Gasteiger partial charge >= 0.3 is 0 Å². The number of amides is 2. The molecule has 1 unspecified atom stereocenters. The summed E-state index contributed by atoms with van der Waals surface area (Å²) < 4.78 is 38.2. The maximum Gasteiger partial charge on any atom is 0.239 e. The van der Waals surface area contributed by atoms with E-state index in [4.69, 9.17) is 0 Å². The Bertz CT molecular complexity index is 1230. The van der Waals surface area contributed by atoms with Crippen LogP contribution in [0.1, 0.15) is 28.8 Å². The Balaban J connectivity index is 1.65. The van der Waals surface area contributed by atoms with Gasteiger partial charge in [-0.15, -0.1) is 0 Å². The Morgan fingerprint density at radius 2 is 1.85 bits per heavy atom. The molecule has 11 heteroatoms. The van der Waals surface area contributed by atoms with Crippen LogP contribution in [0.4, 0.5) is 10.2 Å². The van der Waals surface area contributed by atoms with Crippen molar-refractivity contribution in [2.24, 2.45) is 0 Å². The third-order valence-electron chi connectivity index (χ3n) is 5.88. The molecule has 0 bridgehead atoms. The first kappa shape index (κ1) is 25.4. The minimum atomic E-state index is -3.10. The first-order valence-electron chi connectivity index (χ1n) is 10.8. The van der Waals surface area contributed by atoms with Crippen molar-refractivity contribution < 1.29 is 22.4 Å². The maximum absolute atomic E-state index is 13.3. The molecule has 0 radical (unpaired) electrons. The van der Waals surface area contributed by atoms with E-state index in [2.05, 4.69) is 16.7 Å². The average Bonchev–Trinajstić information content (AvgIpc) is 3.19. The van der Waals surface area contributed by atoms with E-state index in [-0.39, 0.29) is 36.3 Å². The molecule has 1 aliphatic rings. The zero-order valence-corrected chi connectivity index (χ0v) is 20.2. The molecule has 0 spiro atoms. The minimum absolute atomic E-state index is 0.0633. The lowest BCUT2D eigenvalue weighted by molar-refractivity contribution is -0.123. The number of nitrogens with one attached hydrogen (secondary N) is 2. The zero-order chi connectivity index (χ0) is 25.0. The summed E-state index contributed by atoms with van der Waals surface area (Å²) in [5.41, 5.74) is 2.69. The number of carbonyl (C=O) groups excluding carboxylic acids is 2. The van der Waals surface area contributed by atoms with Crippen LogP contribution in [0, 0.1) is 31.0 Å². The van der Waals surface area contributed by atoms with Gasteiger partial charge in [0.1, 0.15) is 17.7 Å². The van der Waals surface area contributed by atoms with Crippen molar-refractivity contribution >= 4 is 27.5 Å². The molecular weight excluding hydrogens is 461 g/mol. The second-order valence-electron chi connectivity index (χ2n) is 8.65. The lowest BCUT2D eigenvalue weighted by Crippen LogP contribution is -2.43. The number of rotatable bonds is 8. The Morgan fingerprint density at radius 3 is 2.44 bits per heavy atom. The van der Waals surface area contributed by atoms with Crippen molar-refractivity contribution in [1.82, 2.24) is 14.8 Å². The number of hydrogen-bond donors (Lipinski definition) is 2. The summed E-state index contributed by atoms with van der Waals surface area (Å²) in [7, 11) is -1.50. The Labute approximate surface area is 198 Å². The van der Waals surface area contributed by atoms with E-state index in [0.717, 1.165) is 16.8 Å². The fraction of sp³-hybridized carbons (Fsp3) is 0.435. The van der Waals surface area contributed by atoms with E-state index < -0.39 is 21.8 Å². The number of nitriles is 1. The smallest absolute Gasteiger partial charge is 0.239 e. The molecule has 0 aliphatic carbocycles. The molecule has 0 saturated carbocycles. The lowest BCUT2D eigenvalue weighted by atomic mass is 10.2. The number of nitrogens with zero attached hydrogens (tertiary/aromatic N) is 3. The predicted octanol–water partition coefficient (Wildman–Crippen LogP) is 1.34. The monoisotopic (exact) mass is 489 g/mol. The van der Waals surface area contributed by atoms with Crippen LogP contribution >= 0.6 is 0 Å². The molecule has 9 nitrogen and oxygen atoms in total. The van der Waals surface area contributed by atoms with Gasteiger partial charge in [0.15, 0.2) is 9.84 Å². The number of hydrogen-bond acceptors (Lipinski definition) is 6. The molecular formula is C23H28FN5O4S. The van der Waals surface area contributed by atoms with Crippen LogP contribution in [0.15, 0.2) is 24.3 Å². The fourth-order valence-electron chi connectivity index (χ4n) is 4.00. The highest BCUT2D eigenvalue weighted by Crippen LogP contribution is 2.27. The van der Waals surface area contributed by atoms with Crippen LogP contribution in [0.25, 0.3) is 0 Å². The average molecular weight is 490 g/mol. The highest BCUT2D eigenvalue weighted by molar-refractivity contribution is 7.91. The topological polar surface area (TPSA) is 124 Å². The van der Waals surface area contributed by atoms with E-state index in [1.807, 2.05) is 6.92 Å². The quantitative estimate of drug-likeness (QED) is 0.577. The molecule has 182 valence electrons. The molecule has 1 atom stereocenters. The summed E-state index contributed by atoms with van der Waals surface area (Å²) in [4.78, 5) is 26.5. The largest absolute Gasteiger partial charge is 0.351 e. The van der Waals surface area contributed by atoms with Crippen molar-refractivity contribution in [3.8, 4) is 6.07 Å². The Kier molecular flexibility index (Phi) is 7.74. The van der Waals surface area contributed by atoms with Crippen LogP contribution in [0.2, 0.25) is 0 Å². The first-order chi connectivity index (χ1) is 16.0. The number of aromatic nitrogens is 1. The van der Waals surface area contributed by atoms with Crippen molar-refractivity contribution in [3.05, 3.63) is 52.5 Å². The van der Waals surface area contributed by atoms with Crippen molar-refractivity contribution in [1.29, 1.82) is 5.26 Å². The second kappa shape index (κ2) is 10.4. The number of sulfone groups is 1. The molecule has 1 aromatic carbocycles. The van der Waals surface area contributed by atoms with Crippen molar-refractivity contribution in [2.45, 2.75) is 32.9 Å². The van der Waals surface area contributed by atoms with Gasteiger partial charge < -0.3 is 15.2 Å². The summed E-state index contributed by atoms with van der Waals surface area (Å²) in [5, 5.41) is 15.1. The summed E-state index contributed by atoms with van der Waals surface area (Å²) in [6, 6.07) is 7.72. The molecule has 3 rings (SSSR count). The molecule has 1 fully saturated rings. The van der Waals surface area contributed by atoms with Gasteiger partial charge in [0.25, 0.3) is 0 Å². The van der Waals surface area contributed by atoms with E-state index in [1.54, 1.807) is 30.7 Å². The molecule has 1 saturated heterocycles. The number of likely N-dealkylation sites (N-methyl/N-ethyl adjacent to an activating group) is 1. The van der Waals surface area contributed by atoms with Gasteiger partial charge in [-0.2, -0.15) is 5.26 Å². The Hall–Kier alpha value is -3.23. The van der Waals surface area contributed by atoms with Crippen molar-refractivity contribution in [3.63, 3.8) is 0 Å². The third-order valence-corrected chi connectivity index (χ3v) is 7.65. The van der Waals surface area contributed by atoms with E-state index in [1.165, 1.54) is 17.0 Å². The number of benzene rings is 1. The second-order valence-corrected chi connectivity index (χ2v) is 10.9. The Morgan fingerprint density at radius 1 is 1.21 bits per heavy atom. The van der Waals surface area contributed by atoms with Gasteiger partial charge in [0, 0.05) is 18.3 Å². The van der Waals surface area contributed by atoms with E-state index in [0.29, 0.717) is 24.3 Å². The summed E-state index contributed by atoms with van der Waals surface area (Å²) in [6.45, 7) is 3.79. The van der Waals surface area contributed by atoms with Gasteiger partial charge in [-0.25, -0.2) is 12.8 Å². The van der Waals surface area contributed by atoms with Gasteiger partial charge in [-0.1, -0.05) is 12.1 Å². The van der Waals surface area contributed by atoms with Crippen LogP contribution in [0.3, 0.4) is 0 Å². The van der Waals surface area contributed by atoms with Crippen LogP contribution in [-0.4, -0.2) is 67.4 Å². The van der Waals surface area contributed by atoms with Gasteiger partial charge in [0.05, 0.1) is 30.2 Å². The van der Waals surface area contributed by atoms with Gasteiger partial charge in [-0.3, -0.25) is 14.5 Å². The molecule has 2 amide bonds. The maximum atomic E-state index is 13.3.